The van der Waals surface area contributed by atoms with Crippen molar-refractivity contribution in [3.8, 4) is 23.0 Å². The minimum Gasteiger partial charge on any atom is -0.465 e. The van der Waals surface area contributed by atoms with Gasteiger partial charge in [-0.05, 0) is 41.8 Å². The van der Waals surface area contributed by atoms with Crippen LogP contribution in [0.5, 0.6) is 23.0 Å². The summed E-state index contributed by atoms with van der Waals surface area (Å²) in [5.41, 5.74) is 1.62. The number of carbonyl (C=O) groups excluding carboxylic acids is 1. The van der Waals surface area contributed by atoms with E-state index < -0.39 is 12.0 Å². The normalized spacial score (nSPS) is 23.4. The van der Waals surface area contributed by atoms with Gasteiger partial charge in [-0.2, -0.15) is 0 Å². The Bertz CT molecular complexity index is 894. The van der Waals surface area contributed by atoms with Crippen LogP contribution in [0.15, 0.2) is 36.4 Å². The maximum Gasteiger partial charge on any atom is 0.312 e. The highest BCUT2D eigenvalue weighted by Crippen LogP contribution is 2.41. The van der Waals surface area contributed by atoms with E-state index in [1.54, 1.807) is 18.2 Å². The number of carbonyl (C=O) groups is 1. The Balaban J connectivity index is 1.37. The van der Waals surface area contributed by atoms with Crippen LogP contribution in [0.4, 0.5) is 0 Å². The first-order chi connectivity index (χ1) is 13.2. The van der Waals surface area contributed by atoms with E-state index in [1.807, 2.05) is 18.2 Å². The molecule has 0 amide bonds. The van der Waals surface area contributed by atoms with E-state index in [0.29, 0.717) is 29.2 Å². The SMILES string of the molecule is O=C1OCC(Cc2ccc3c(c2)OCO3)C1C(O)c1ccc2c(c1)OCO2. The van der Waals surface area contributed by atoms with Crippen molar-refractivity contribution in [1.29, 1.82) is 0 Å². The summed E-state index contributed by atoms with van der Waals surface area (Å²) < 4.78 is 26.7. The molecule has 1 N–H and O–H groups in total. The van der Waals surface area contributed by atoms with E-state index in [-0.39, 0.29) is 32.1 Å². The lowest BCUT2D eigenvalue weighted by Gasteiger charge is -2.21. The molecule has 2 aromatic carbocycles. The fourth-order valence-corrected chi connectivity index (χ4v) is 3.83. The van der Waals surface area contributed by atoms with E-state index in [0.717, 1.165) is 11.3 Å². The van der Waals surface area contributed by atoms with Gasteiger partial charge in [0.15, 0.2) is 23.0 Å². The number of esters is 1. The van der Waals surface area contributed by atoms with Crippen molar-refractivity contribution in [3.63, 3.8) is 0 Å². The maximum atomic E-state index is 12.3. The van der Waals surface area contributed by atoms with Crippen LogP contribution in [-0.4, -0.2) is 31.3 Å². The molecule has 0 aliphatic carbocycles. The first kappa shape index (κ1) is 16.3. The number of ether oxygens (including phenoxy) is 5. The number of benzene rings is 2. The fourth-order valence-electron chi connectivity index (χ4n) is 3.83. The smallest absolute Gasteiger partial charge is 0.312 e. The first-order valence-electron chi connectivity index (χ1n) is 8.82. The second kappa shape index (κ2) is 6.35. The van der Waals surface area contributed by atoms with Crippen LogP contribution in [0.2, 0.25) is 0 Å². The molecule has 2 aromatic rings. The fraction of sp³-hybridized carbons (Fsp3) is 0.350. The highest BCUT2D eigenvalue weighted by molar-refractivity contribution is 5.76. The standard InChI is InChI=1S/C20H18O7/c21-19(12-2-4-15-17(7-12)27-10-25-15)18-13(8-23-20(18)22)5-11-1-3-14-16(6-11)26-9-24-14/h1-4,6-7,13,18-19,21H,5,8-10H2. The average Bonchev–Trinajstić information content (AvgIpc) is 3.40. The van der Waals surface area contributed by atoms with Crippen molar-refractivity contribution in [3.05, 3.63) is 47.5 Å². The molecule has 3 heterocycles. The van der Waals surface area contributed by atoms with Crippen LogP contribution in [0, 0.1) is 11.8 Å². The first-order valence-corrected chi connectivity index (χ1v) is 8.82. The minimum absolute atomic E-state index is 0.140. The van der Waals surface area contributed by atoms with E-state index in [1.165, 1.54) is 0 Å². The summed E-state index contributed by atoms with van der Waals surface area (Å²) in [5, 5.41) is 10.9. The van der Waals surface area contributed by atoms with Gasteiger partial charge in [-0.25, -0.2) is 0 Å². The highest BCUT2D eigenvalue weighted by atomic mass is 16.7. The van der Waals surface area contributed by atoms with E-state index in [2.05, 4.69) is 0 Å². The van der Waals surface area contributed by atoms with Gasteiger partial charge >= 0.3 is 5.97 Å². The molecule has 0 radical (unpaired) electrons. The lowest BCUT2D eigenvalue weighted by atomic mass is 9.83. The van der Waals surface area contributed by atoms with Crippen LogP contribution in [0.25, 0.3) is 0 Å². The van der Waals surface area contributed by atoms with Crippen LogP contribution in [-0.2, 0) is 16.0 Å². The maximum absolute atomic E-state index is 12.3. The Morgan fingerprint density at radius 2 is 1.56 bits per heavy atom. The molecule has 3 aliphatic rings. The van der Waals surface area contributed by atoms with Crippen molar-refractivity contribution in [2.45, 2.75) is 12.5 Å². The Morgan fingerprint density at radius 3 is 2.33 bits per heavy atom. The molecule has 1 saturated heterocycles. The van der Waals surface area contributed by atoms with Crippen molar-refractivity contribution >= 4 is 5.97 Å². The molecule has 3 aliphatic heterocycles. The van der Waals surface area contributed by atoms with Crippen LogP contribution < -0.4 is 18.9 Å². The number of aliphatic hydroxyl groups is 1. The number of rotatable bonds is 4. The highest BCUT2D eigenvalue weighted by Gasteiger charge is 2.42. The van der Waals surface area contributed by atoms with Gasteiger partial charge < -0.3 is 28.8 Å². The summed E-state index contributed by atoms with van der Waals surface area (Å²) >= 11 is 0. The largest absolute Gasteiger partial charge is 0.465 e. The quantitative estimate of drug-likeness (QED) is 0.826. The van der Waals surface area contributed by atoms with Crippen molar-refractivity contribution < 1.29 is 33.6 Å². The van der Waals surface area contributed by atoms with Crippen LogP contribution in [0.3, 0.4) is 0 Å². The molecule has 0 aromatic heterocycles. The molecule has 3 atom stereocenters. The predicted molar refractivity (Wildman–Crippen MR) is 91.7 cm³/mol. The summed E-state index contributed by atoms with van der Waals surface area (Å²) in [7, 11) is 0. The Hall–Kier alpha value is -2.93. The molecular weight excluding hydrogens is 352 g/mol. The zero-order valence-corrected chi connectivity index (χ0v) is 14.4. The van der Waals surface area contributed by atoms with Gasteiger partial charge in [0, 0.05) is 5.92 Å². The Labute approximate surface area is 155 Å². The molecule has 3 unspecified atom stereocenters. The molecule has 0 saturated carbocycles. The van der Waals surface area contributed by atoms with Gasteiger partial charge in [-0.15, -0.1) is 0 Å². The molecule has 140 valence electrons. The number of hydrogen-bond acceptors (Lipinski definition) is 7. The molecular formula is C20H18O7. The van der Waals surface area contributed by atoms with Gasteiger partial charge in [0.2, 0.25) is 13.6 Å². The number of aliphatic hydroxyl groups excluding tert-OH is 1. The van der Waals surface area contributed by atoms with Crippen molar-refractivity contribution in [2.24, 2.45) is 11.8 Å². The summed E-state index contributed by atoms with van der Waals surface area (Å²) in [6.07, 6.45) is -0.386. The van der Waals surface area contributed by atoms with Crippen molar-refractivity contribution in [2.75, 3.05) is 20.2 Å². The Morgan fingerprint density at radius 1 is 0.889 bits per heavy atom. The lowest BCUT2D eigenvalue weighted by molar-refractivity contribution is -0.144. The number of hydrogen-bond donors (Lipinski definition) is 1. The van der Waals surface area contributed by atoms with Crippen LogP contribution >= 0.6 is 0 Å². The third kappa shape index (κ3) is 2.84. The lowest BCUT2D eigenvalue weighted by Crippen LogP contribution is -2.25. The Kier molecular flexibility index (Phi) is 3.82. The summed E-state index contributed by atoms with van der Waals surface area (Å²) in [6, 6.07) is 10.9. The minimum atomic E-state index is -0.978. The second-order valence-corrected chi connectivity index (χ2v) is 6.87. The van der Waals surface area contributed by atoms with Gasteiger partial charge in [0.25, 0.3) is 0 Å². The topological polar surface area (TPSA) is 83.5 Å². The van der Waals surface area contributed by atoms with E-state index in [4.69, 9.17) is 23.7 Å². The monoisotopic (exact) mass is 370 g/mol. The molecule has 0 bridgehead atoms. The number of cyclic esters (lactones) is 1. The third-order valence-corrected chi connectivity index (χ3v) is 5.23. The second-order valence-electron chi connectivity index (χ2n) is 6.87. The predicted octanol–water partition coefficient (Wildman–Crippen LogP) is 2.21. The van der Waals surface area contributed by atoms with Crippen LogP contribution in [0.1, 0.15) is 17.2 Å². The summed E-state index contributed by atoms with van der Waals surface area (Å²) in [5.74, 6) is 1.46. The van der Waals surface area contributed by atoms with Gasteiger partial charge in [0.1, 0.15) is 0 Å². The number of fused-ring (bicyclic) bond motifs is 2. The van der Waals surface area contributed by atoms with Crippen molar-refractivity contribution in [1.82, 2.24) is 0 Å². The van der Waals surface area contributed by atoms with E-state index in [9.17, 15) is 9.90 Å². The zero-order chi connectivity index (χ0) is 18.4. The van der Waals surface area contributed by atoms with E-state index >= 15 is 0 Å². The van der Waals surface area contributed by atoms with Gasteiger partial charge in [-0.1, -0.05) is 12.1 Å². The molecule has 27 heavy (non-hydrogen) atoms. The summed E-state index contributed by atoms with van der Waals surface area (Å²) in [6.45, 7) is 0.655. The van der Waals surface area contributed by atoms with Gasteiger partial charge in [0.05, 0.1) is 18.6 Å². The molecule has 0 spiro atoms. The van der Waals surface area contributed by atoms with Gasteiger partial charge in [-0.3, -0.25) is 4.79 Å². The molecule has 1 fully saturated rings. The molecule has 7 heteroatoms. The summed E-state index contributed by atoms with van der Waals surface area (Å²) in [4.78, 5) is 12.3. The molecule has 7 nitrogen and oxygen atoms in total. The zero-order valence-electron chi connectivity index (χ0n) is 14.4. The third-order valence-electron chi connectivity index (χ3n) is 5.23. The average molecular weight is 370 g/mol. The molecule has 5 rings (SSSR count).